The second-order valence-corrected chi connectivity index (χ2v) is 9.23. The summed E-state index contributed by atoms with van der Waals surface area (Å²) in [5.74, 6) is -2.03. The van der Waals surface area contributed by atoms with E-state index in [1.165, 1.54) is 35.5 Å². The van der Waals surface area contributed by atoms with Gasteiger partial charge in [-0.2, -0.15) is 0 Å². The number of benzene rings is 2. The van der Waals surface area contributed by atoms with Gasteiger partial charge in [0.25, 0.3) is 5.91 Å². The van der Waals surface area contributed by atoms with E-state index in [4.69, 9.17) is 20.8 Å². The number of ketones is 1. The lowest BCUT2D eigenvalue weighted by atomic mass is 9.99. The molecule has 3 heterocycles. The van der Waals surface area contributed by atoms with Crippen molar-refractivity contribution in [2.24, 2.45) is 0 Å². The molecule has 1 atom stereocenters. The molecule has 0 saturated carbocycles. The molecular formula is C25H18ClNO6S. The molecule has 172 valence electrons. The van der Waals surface area contributed by atoms with Gasteiger partial charge in [-0.1, -0.05) is 23.7 Å². The minimum atomic E-state index is -0.952. The summed E-state index contributed by atoms with van der Waals surface area (Å²) in [7, 11) is 1.46. The molecule has 0 spiro atoms. The van der Waals surface area contributed by atoms with E-state index >= 15 is 0 Å². The summed E-state index contributed by atoms with van der Waals surface area (Å²) in [6.07, 6.45) is 0. The molecule has 1 aliphatic rings. The van der Waals surface area contributed by atoms with E-state index < -0.39 is 23.5 Å². The van der Waals surface area contributed by atoms with Crippen molar-refractivity contribution in [1.29, 1.82) is 0 Å². The predicted octanol–water partition coefficient (Wildman–Crippen LogP) is 5.95. The molecule has 34 heavy (non-hydrogen) atoms. The molecule has 1 amide bonds. The second-order valence-electron chi connectivity index (χ2n) is 7.81. The van der Waals surface area contributed by atoms with Gasteiger partial charge in [-0.05, 0) is 48.2 Å². The lowest BCUT2D eigenvalue weighted by Gasteiger charge is -2.26. The Labute approximate surface area is 203 Å². The first-order valence-corrected chi connectivity index (χ1v) is 11.5. The topological polar surface area (TPSA) is 100 Å². The van der Waals surface area contributed by atoms with Gasteiger partial charge in [0, 0.05) is 21.4 Å². The first kappa shape index (κ1) is 22.1. The van der Waals surface area contributed by atoms with Crippen molar-refractivity contribution in [3.8, 4) is 11.5 Å². The molecule has 2 N–H and O–H groups in total. The van der Waals surface area contributed by atoms with Crippen molar-refractivity contribution < 1.29 is 29.0 Å². The van der Waals surface area contributed by atoms with Crippen LogP contribution in [-0.2, 0) is 4.79 Å². The summed E-state index contributed by atoms with van der Waals surface area (Å²) in [6.45, 7) is 1.82. The van der Waals surface area contributed by atoms with Gasteiger partial charge in [0.1, 0.15) is 11.8 Å². The normalized spacial score (nSPS) is 16.0. The molecule has 0 fully saturated rings. The first-order chi connectivity index (χ1) is 16.3. The van der Waals surface area contributed by atoms with Gasteiger partial charge < -0.3 is 19.4 Å². The van der Waals surface area contributed by atoms with Crippen molar-refractivity contribution in [2.45, 2.75) is 13.0 Å². The lowest BCUT2D eigenvalue weighted by molar-refractivity contribution is -0.117. The summed E-state index contributed by atoms with van der Waals surface area (Å²) in [4.78, 5) is 28.8. The number of aryl methyl sites for hydroxylation is 1. The number of furan rings is 1. The zero-order valence-corrected chi connectivity index (χ0v) is 19.6. The maximum Gasteiger partial charge on any atom is 0.294 e. The van der Waals surface area contributed by atoms with E-state index in [1.54, 1.807) is 41.8 Å². The van der Waals surface area contributed by atoms with Crippen LogP contribution in [0.1, 0.15) is 27.0 Å². The Bertz CT molecular complexity index is 1490. The number of rotatable bonds is 5. The Balaban J connectivity index is 1.67. The van der Waals surface area contributed by atoms with Gasteiger partial charge >= 0.3 is 0 Å². The summed E-state index contributed by atoms with van der Waals surface area (Å²) >= 11 is 7.46. The minimum Gasteiger partial charge on any atom is -0.506 e. The van der Waals surface area contributed by atoms with E-state index in [1.807, 2.05) is 6.92 Å². The quantitative estimate of drug-likeness (QED) is 0.332. The summed E-state index contributed by atoms with van der Waals surface area (Å²) in [5, 5.41) is 24.1. The molecule has 1 unspecified atom stereocenters. The number of thiophene rings is 1. The third kappa shape index (κ3) is 3.43. The van der Waals surface area contributed by atoms with Crippen LogP contribution in [0.5, 0.6) is 11.5 Å². The molecule has 7 nitrogen and oxygen atoms in total. The van der Waals surface area contributed by atoms with Crippen molar-refractivity contribution in [3.05, 3.63) is 86.5 Å². The highest BCUT2D eigenvalue weighted by Crippen LogP contribution is 2.46. The van der Waals surface area contributed by atoms with Crippen LogP contribution in [0.25, 0.3) is 11.0 Å². The van der Waals surface area contributed by atoms with Gasteiger partial charge in [-0.25, -0.2) is 0 Å². The van der Waals surface area contributed by atoms with Crippen molar-refractivity contribution in [2.75, 3.05) is 12.0 Å². The van der Waals surface area contributed by atoms with Crippen LogP contribution in [0.3, 0.4) is 0 Å². The molecule has 5 rings (SSSR count). The zero-order valence-electron chi connectivity index (χ0n) is 18.0. The maximum absolute atomic E-state index is 13.7. The Morgan fingerprint density at radius 1 is 1.18 bits per heavy atom. The minimum absolute atomic E-state index is 0.0817. The van der Waals surface area contributed by atoms with Gasteiger partial charge in [0.2, 0.25) is 5.78 Å². The number of aromatic hydroxyl groups is 1. The predicted molar refractivity (Wildman–Crippen MR) is 129 cm³/mol. The van der Waals surface area contributed by atoms with Crippen molar-refractivity contribution in [3.63, 3.8) is 0 Å². The third-order valence-corrected chi connectivity index (χ3v) is 6.79. The number of anilines is 1. The Kier molecular flexibility index (Phi) is 5.34. The monoisotopic (exact) mass is 495 g/mol. The molecular weight excluding hydrogens is 478 g/mol. The number of phenols is 1. The highest BCUT2D eigenvalue weighted by Gasteiger charge is 2.46. The number of aliphatic hydroxyl groups is 1. The number of phenolic OH excluding ortho intramolecular Hbond substituents is 1. The summed E-state index contributed by atoms with van der Waals surface area (Å²) in [6, 6.07) is 12.1. The molecule has 2 aromatic heterocycles. The number of Topliss-reactive ketones (excluding diaryl/α,β-unsaturated/α-hetero) is 1. The van der Waals surface area contributed by atoms with E-state index in [0.717, 1.165) is 5.56 Å². The number of hydrogen-bond acceptors (Lipinski definition) is 7. The molecule has 9 heteroatoms. The van der Waals surface area contributed by atoms with Crippen LogP contribution >= 0.6 is 22.9 Å². The SMILES string of the molecule is COc1cc(Cl)cc2cc(C(=O)C3=C(O)C(=O)N(c4cc(C)ccc4O)C3c3cccs3)oc12. The number of carbonyl (C=O) groups is 2. The first-order valence-electron chi connectivity index (χ1n) is 10.2. The number of nitrogens with zero attached hydrogens (tertiary/aromatic N) is 1. The van der Waals surface area contributed by atoms with Crippen LogP contribution in [0.15, 0.2) is 69.7 Å². The highest BCUT2D eigenvalue weighted by molar-refractivity contribution is 7.10. The van der Waals surface area contributed by atoms with Crippen LogP contribution < -0.4 is 9.64 Å². The number of carbonyl (C=O) groups excluding carboxylic acids is 2. The molecule has 1 aliphatic heterocycles. The highest BCUT2D eigenvalue weighted by atomic mass is 35.5. The average Bonchev–Trinajstić information content (AvgIpc) is 3.54. The third-order valence-electron chi connectivity index (χ3n) is 5.65. The molecule has 0 radical (unpaired) electrons. The number of amides is 1. The van der Waals surface area contributed by atoms with E-state index in [9.17, 15) is 19.8 Å². The van der Waals surface area contributed by atoms with E-state index in [0.29, 0.717) is 26.6 Å². The fourth-order valence-electron chi connectivity index (χ4n) is 4.11. The number of aliphatic hydroxyl groups excluding tert-OH is 1. The molecule has 4 aromatic rings. The number of methoxy groups -OCH3 is 1. The largest absolute Gasteiger partial charge is 0.506 e. The molecule has 0 saturated heterocycles. The standard InChI is InChI=1S/C25H18ClNO6S/c1-12-5-6-16(28)15(8-12)27-21(19-4-3-7-34-19)20(23(30)25(27)31)22(29)17-10-13-9-14(26)11-18(32-2)24(13)33-17/h3-11,21,28,30H,1-2H3. The van der Waals surface area contributed by atoms with Crippen LogP contribution in [-0.4, -0.2) is 29.0 Å². The van der Waals surface area contributed by atoms with Gasteiger partial charge in [-0.3, -0.25) is 14.5 Å². The van der Waals surface area contributed by atoms with Gasteiger partial charge in [0.15, 0.2) is 22.9 Å². The van der Waals surface area contributed by atoms with Crippen molar-refractivity contribution >= 4 is 51.3 Å². The van der Waals surface area contributed by atoms with Gasteiger partial charge in [-0.15, -0.1) is 11.3 Å². The molecule has 2 aromatic carbocycles. The number of halogens is 1. The van der Waals surface area contributed by atoms with Crippen LogP contribution in [0.4, 0.5) is 5.69 Å². The fraction of sp³-hybridized carbons (Fsp3) is 0.120. The second kappa shape index (κ2) is 8.23. The Morgan fingerprint density at radius 2 is 1.97 bits per heavy atom. The van der Waals surface area contributed by atoms with Crippen LogP contribution in [0, 0.1) is 6.92 Å². The van der Waals surface area contributed by atoms with E-state index in [-0.39, 0.29) is 22.8 Å². The zero-order chi connectivity index (χ0) is 24.1. The van der Waals surface area contributed by atoms with Crippen molar-refractivity contribution in [1.82, 2.24) is 0 Å². The lowest BCUT2D eigenvalue weighted by Crippen LogP contribution is -2.30. The number of ether oxygens (including phenoxy) is 1. The summed E-state index contributed by atoms with van der Waals surface area (Å²) < 4.78 is 11.1. The number of fused-ring (bicyclic) bond motifs is 1. The van der Waals surface area contributed by atoms with Crippen LogP contribution in [0.2, 0.25) is 5.02 Å². The smallest absolute Gasteiger partial charge is 0.294 e. The summed E-state index contributed by atoms with van der Waals surface area (Å²) in [5.41, 5.74) is 1.17. The number of hydrogen-bond donors (Lipinski definition) is 2. The average molecular weight is 496 g/mol. The maximum atomic E-state index is 13.7. The molecule has 0 aliphatic carbocycles. The van der Waals surface area contributed by atoms with Gasteiger partial charge in [0.05, 0.1) is 18.4 Å². The molecule has 0 bridgehead atoms. The Hall–Kier alpha value is -3.75. The Morgan fingerprint density at radius 3 is 2.68 bits per heavy atom. The fourth-order valence-corrected chi connectivity index (χ4v) is 5.15. The van der Waals surface area contributed by atoms with E-state index in [2.05, 4.69) is 0 Å².